The largest absolute Gasteiger partial charge is 0.331 e. The van der Waals surface area contributed by atoms with Crippen molar-refractivity contribution in [3.8, 4) is 0 Å². The van der Waals surface area contributed by atoms with Crippen molar-refractivity contribution in [2.45, 2.75) is 12.8 Å². The first kappa shape index (κ1) is 12.0. The fraction of sp³-hybridized carbons (Fsp3) is 0.333. The van der Waals surface area contributed by atoms with Gasteiger partial charge in [-0.1, -0.05) is 11.6 Å². The van der Waals surface area contributed by atoms with Crippen molar-refractivity contribution < 1.29 is 14.0 Å². The third-order valence-corrected chi connectivity index (χ3v) is 3.01. The molecule has 90 valence electrons. The Kier molecular flexibility index (Phi) is 3.43. The summed E-state index contributed by atoms with van der Waals surface area (Å²) in [6.07, 6.45) is 1.18. The van der Waals surface area contributed by atoms with Gasteiger partial charge in [0.1, 0.15) is 5.82 Å². The molecule has 0 radical (unpaired) electrons. The number of halogens is 2. The lowest BCUT2D eigenvalue weighted by atomic mass is 10.1. The first-order chi connectivity index (χ1) is 8.08. The first-order valence-corrected chi connectivity index (χ1v) is 5.72. The van der Waals surface area contributed by atoms with Crippen LogP contribution in [0.15, 0.2) is 18.2 Å². The summed E-state index contributed by atoms with van der Waals surface area (Å²) < 4.78 is 13.2. The van der Waals surface area contributed by atoms with Crippen LogP contribution in [-0.2, 0) is 4.79 Å². The lowest BCUT2D eigenvalue weighted by Crippen LogP contribution is -2.40. The number of nitrogens with zero attached hydrogens (tertiary/aromatic N) is 1. The van der Waals surface area contributed by atoms with E-state index in [1.165, 1.54) is 17.0 Å². The van der Waals surface area contributed by atoms with E-state index in [0.29, 0.717) is 19.4 Å². The molecule has 0 aromatic heterocycles. The van der Waals surface area contributed by atoms with Crippen LogP contribution in [0.25, 0.3) is 0 Å². The Labute approximate surface area is 103 Å². The van der Waals surface area contributed by atoms with Crippen molar-refractivity contribution in [1.82, 2.24) is 4.90 Å². The fourth-order valence-electron chi connectivity index (χ4n) is 1.82. The van der Waals surface area contributed by atoms with Crippen molar-refractivity contribution in [1.29, 1.82) is 0 Å². The predicted molar refractivity (Wildman–Crippen MR) is 61.6 cm³/mol. The molecule has 1 aliphatic heterocycles. The Morgan fingerprint density at radius 3 is 2.82 bits per heavy atom. The van der Waals surface area contributed by atoms with Crippen molar-refractivity contribution >= 4 is 23.3 Å². The Morgan fingerprint density at radius 2 is 2.18 bits per heavy atom. The van der Waals surface area contributed by atoms with Gasteiger partial charge >= 0.3 is 0 Å². The van der Waals surface area contributed by atoms with Gasteiger partial charge in [-0.2, -0.15) is 0 Å². The number of rotatable bonds is 1. The molecule has 0 spiro atoms. The molecule has 0 unspecified atom stereocenters. The Morgan fingerprint density at radius 1 is 1.41 bits per heavy atom. The molecule has 1 fully saturated rings. The summed E-state index contributed by atoms with van der Waals surface area (Å²) in [5.41, 5.74) is 0.224. The number of carbonyl (C=O) groups is 2. The molecule has 17 heavy (non-hydrogen) atoms. The Balaban J connectivity index is 2.18. The molecule has 0 saturated carbocycles. The summed E-state index contributed by atoms with van der Waals surface area (Å²) in [6, 6.07) is 3.91. The van der Waals surface area contributed by atoms with Crippen molar-refractivity contribution in [2.24, 2.45) is 0 Å². The molecule has 5 heteroatoms. The van der Waals surface area contributed by atoms with Crippen LogP contribution in [0.4, 0.5) is 4.39 Å². The van der Waals surface area contributed by atoms with Crippen LogP contribution in [0.3, 0.4) is 0 Å². The maximum absolute atomic E-state index is 13.2. The molecule has 1 saturated heterocycles. The standard InChI is InChI=1S/C12H11ClFNO2/c13-10-4-3-8(6-11(10)14)12(17)15-5-1-2-9(16)7-15/h3-4,6H,1-2,5,7H2. The number of carbonyl (C=O) groups excluding carboxylic acids is 2. The maximum atomic E-state index is 13.2. The summed E-state index contributed by atoms with van der Waals surface area (Å²) in [7, 11) is 0. The van der Waals surface area contributed by atoms with E-state index in [4.69, 9.17) is 11.6 Å². The summed E-state index contributed by atoms with van der Waals surface area (Å²) in [5.74, 6) is -0.909. The lowest BCUT2D eigenvalue weighted by Gasteiger charge is -2.25. The number of Topliss-reactive ketones (excluding diaryl/α,β-unsaturated/α-hetero) is 1. The average molecular weight is 256 g/mol. The van der Waals surface area contributed by atoms with Crippen molar-refractivity contribution in [2.75, 3.05) is 13.1 Å². The van der Waals surface area contributed by atoms with Crippen LogP contribution in [0.1, 0.15) is 23.2 Å². The number of amides is 1. The van der Waals surface area contributed by atoms with Crippen LogP contribution in [0.5, 0.6) is 0 Å². The normalized spacial score (nSPS) is 16.1. The number of piperidine rings is 1. The van der Waals surface area contributed by atoms with E-state index in [1.54, 1.807) is 0 Å². The minimum atomic E-state index is -0.624. The van der Waals surface area contributed by atoms with Gasteiger partial charge in [0.05, 0.1) is 11.6 Å². The van der Waals surface area contributed by atoms with Gasteiger partial charge in [0.15, 0.2) is 5.78 Å². The number of benzene rings is 1. The molecule has 0 atom stereocenters. The second-order valence-corrected chi connectivity index (χ2v) is 4.41. The van der Waals surface area contributed by atoms with Crippen molar-refractivity contribution in [3.63, 3.8) is 0 Å². The summed E-state index contributed by atoms with van der Waals surface area (Å²) >= 11 is 5.54. The molecule has 1 heterocycles. The van der Waals surface area contributed by atoms with E-state index in [9.17, 15) is 14.0 Å². The van der Waals surface area contributed by atoms with Crippen LogP contribution < -0.4 is 0 Å². The van der Waals surface area contributed by atoms with Crippen molar-refractivity contribution in [3.05, 3.63) is 34.6 Å². The molecule has 1 amide bonds. The zero-order valence-corrected chi connectivity index (χ0v) is 9.84. The van der Waals surface area contributed by atoms with Gasteiger partial charge in [0, 0.05) is 18.5 Å². The minimum Gasteiger partial charge on any atom is -0.331 e. The molecule has 0 N–H and O–H groups in total. The summed E-state index contributed by atoms with van der Waals surface area (Å²) in [5, 5.41) is -0.0173. The summed E-state index contributed by atoms with van der Waals surface area (Å²) in [4.78, 5) is 24.7. The molecule has 0 aliphatic carbocycles. The van der Waals surface area contributed by atoms with E-state index >= 15 is 0 Å². The quantitative estimate of drug-likeness (QED) is 0.772. The topological polar surface area (TPSA) is 37.4 Å². The second kappa shape index (κ2) is 4.84. The monoisotopic (exact) mass is 255 g/mol. The third kappa shape index (κ3) is 2.64. The maximum Gasteiger partial charge on any atom is 0.254 e. The first-order valence-electron chi connectivity index (χ1n) is 5.34. The highest BCUT2D eigenvalue weighted by Gasteiger charge is 2.22. The molecular formula is C12H11ClFNO2. The third-order valence-electron chi connectivity index (χ3n) is 2.70. The van der Waals surface area contributed by atoms with Gasteiger partial charge in [-0.25, -0.2) is 4.39 Å². The number of hydrogen-bond donors (Lipinski definition) is 0. The second-order valence-electron chi connectivity index (χ2n) is 4.00. The number of ketones is 1. The zero-order valence-electron chi connectivity index (χ0n) is 9.08. The number of likely N-dealkylation sites (tertiary alicyclic amines) is 1. The smallest absolute Gasteiger partial charge is 0.254 e. The van der Waals surface area contributed by atoms with Gasteiger partial charge in [-0.05, 0) is 24.6 Å². The molecule has 3 nitrogen and oxygen atoms in total. The highest BCUT2D eigenvalue weighted by Crippen LogP contribution is 2.18. The Bertz CT molecular complexity index is 476. The van der Waals surface area contributed by atoms with Gasteiger partial charge in [-0.15, -0.1) is 0 Å². The van der Waals surface area contributed by atoms with Crippen LogP contribution in [0.2, 0.25) is 5.02 Å². The van der Waals surface area contributed by atoms with Crippen LogP contribution >= 0.6 is 11.6 Å². The number of hydrogen-bond acceptors (Lipinski definition) is 2. The van der Waals surface area contributed by atoms with E-state index in [-0.39, 0.29) is 28.8 Å². The van der Waals surface area contributed by atoms with Gasteiger partial charge in [0.25, 0.3) is 5.91 Å². The van der Waals surface area contributed by atoms with Gasteiger partial charge < -0.3 is 4.90 Å². The Hall–Kier alpha value is -1.42. The van der Waals surface area contributed by atoms with E-state index in [2.05, 4.69) is 0 Å². The molecule has 2 rings (SSSR count). The highest BCUT2D eigenvalue weighted by atomic mass is 35.5. The van der Waals surface area contributed by atoms with Crippen LogP contribution in [-0.4, -0.2) is 29.7 Å². The van der Waals surface area contributed by atoms with E-state index in [0.717, 1.165) is 6.07 Å². The van der Waals surface area contributed by atoms with Crippen LogP contribution in [0, 0.1) is 5.82 Å². The van der Waals surface area contributed by atoms with Gasteiger partial charge in [0.2, 0.25) is 0 Å². The molecule has 1 aromatic carbocycles. The summed E-state index contributed by atoms with van der Waals surface area (Å²) in [6.45, 7) is 0.651. The van der Waals surface area contributed by atoms with E-state index < -0.39 is 5.82 Å². The zero-order chi connectivity index (χ0) is 12.4. The molecule has 1 aliphatic rings. The SMILES string of the molecule is O=C1CCCN(C(=O)c2ccc(Cl)c(F)c2)C1. The highest BCUT2D eigenvalue weighted by molar-refractivity contribution is 6.30. The molecule has 1 aromatic rings. The minimum absolute atomic E-state index is 0.0173. The van der Waals surface area contributed by atoms with Gasteiger partial charge in [-0.3, -0.25) is 9.59 Å². The molecule has 0 bridgehead atoms. The lowest BCUT2D eigenvalue weighted by molar-refractivity contribution is -0.121. The van der Waals surface area contributed by atoms with E-state index in [1.807, 2.05) is 0 Å². The molecular weight excluding hydrogens is 245 g/mol. The predicted octanol–water partition coefficient (Wildman–Crippen LogP) is 2.28. The fourth-order valence-corrected chi connectivity index (χ4v) is 1.94. The average Bonchev–Trinajstić information content (AvgIpc) is 2.32.